The Labute approximate surface area is 129 Å². The Morgan fingerprint density at radius 3 is 2.43 bits per heavy atom. The SMILES string of the molecule is COc1ccc(NC(=O)CNc2ccc(C)cc2)cc1Cl. The first kappa shape index (κ1) is 15.2. The number of benzene rings is 2. The second kappa shape index (κ2) is 6.99. The number of carbonyl (C=O) groups excluding carboxylic acids is 1. The fourth-order valence-corrected chi connectivity index (χ4v) is 2.06. The highest BCUT2D eigenvalue weighted by Gasteiger charge is 2.05. The molecule has 0 aliphatic heterocycles. The molecule has 2 aromatic carbocycles. The highest BCUT2D eigenvalue weighted by molar-refractivity contribution is 6.32. The molecule has 0 aromatic heterocycles. The molecule has 0 fully saturated rings. The predicted octanol–water partition coefficient (Wildman–Crippen LogP) is 3.71. The number of methoxy groups -OCH3 is 1. The summed E-state index contributed by atoms with van der Waals surface area (Å²) in [6.45, 7) is 2.20. The highest BCUT2D eigenvalue weighted by Crippen LogP contribution is 2.27. The zero-order chi connectivity index (χ0) is 15.2. The van der Waals surface area contributed by atoms with E-state index < -0.39 is 0 Å². The summed E-state index contributed by atoms with van der Waals surface area (Å²) in [5.41, 5.74) is 2.72. The number of ether oxygens (including phenoxy) is 1. The minimum absolute atomic E-state index is 0.142. The van der Waals surface area contributed by atoms with Crippen molar-refractivity contribution in [2.45, 2.75) is 6.92 Å². The van der Waals surface area contributed by atoms with E-state index in [1.807, 2.05) is 31.2 Å². The Kier molecular flexibility index (Phi) is 5.06. The summed E-state index contributed by atoms with van der Waals surface area (Å²) in [5.74, 6) is 0.434. The predicted molar refractivity (Wildman–Crippen MR) is 86.3 cm³/mol. The van der Waals surface area contributed by atoms with Crippen LogP contribution in [0.5, 0.6) is 5.75 Å². The summed E-state index contributed by atoms with van der Waals surface area (Å²) in [5, 5.41) is 6.29. The quantitative estimate of drug-likeness (QED) is 0.885. The Morgan fingerprint density at radius 1 is 1.14 bits per heavy atom. The fraction of sp³-hybridized carbons (Fsp3) is 0.188. The molecule has 110 valence electrons. The van der Waals surface area contributed by atoms with Crippen LogP contribution >= 0.6 is 11.6 Å². The maximum atomic E-state index is 11.9. The van der Waals surface area contributed by atoms with Crippen LogP contribution in [-0.4, -0.2) is 19.6 Å². The van der Waals surface area contributed by atoms with Gasteiger partial charge in [-0.25, -0.2) is 0 Å². The van der Waals surface area contributed by atoms with Crippen molar-refractivity contribution in [2.24, 2.45) is 0 Å². The molecule has 2 rings (SSSR count). The molecule has 2 aromatic rings. The minimum Gasteiger partial charge on any atom is -0.495 e. The van der Waals surface area contributed by atoms with E-state index in [0.717, 1.165) is 5.69 Å². The number of hydrogen-bond donors (Lipinski definition) is 2. The van der Waals surface area contributed by atoms with Gasteiger partial charge in [0.05, 0.1) is 18.7 Å². The van der Waals surface area contributed by atoms with Crippen LogP contribution in [0.1, 0.15) is 5.56 Å². The second-order valence-electron chi connectivity index (χ2n) is 4.62. The first-order valence-corrected chi connectivity index (χ1v) is 6.90. The van der Waals surface area contributed by atoms with Gasteiger partial charge in [-0.15, -0.1) is 0 Å². The molecule has 1 amide bonds. The molecule has 21 heavy (non-hydrogen) atoms. The van der Waals surface area contributed by atoms with Gasteiger partial charge in [0.1, 0.15) is 5.75 Å². The molecule has 0 spiro atoms. The van der Waals surface area contributed by atoms with Crippen LogP contribution in [0.25, 0.3) is 0 Å². The zero-order valence-electron chi connectivity index (χ0n) is 11.9. The largest absolute Gasteiger partial charge is 0.495 e. The number of anilines is 2. The highest BCUT2D eigenvalue weighted by atomic mass is 35.5. The van der Waals surface area contributed by atoms with E-state index in [9.17, 15) is 4.79 Å². The molecule has 0 radical (unpaired) electrons. The number of aryl methyl sites for hydroxylation is 1. The summed E-state index contributed by atoms with van der Waals surface area (Å²) in [7, 11) is 1.55. The van der Waals surface area contributed by atoms with E-state index >= 15 is 0 Å². The molecule has 4 nitrogen and oxygen atoms in total. The van der Waals surface area contributed by atoms with Crippen molar-refractivity contribution >= 4 is 28.9 Å². The van der Waals surface area contributed by atoms with Gasteiger partial charge in [0, 0.05) is 11.4 Å². The third-order valence-electron chi connectivity index (χ3n) is 2.94. The summed E-state index contributed by atoms with van der Waals surface area (Å²) in [6.07, 6.45) is 0. The number of nitrogens with one attached hydrogen (secondary N) is 2. The second-order valence-corrected chi connectivity index (χ2v) is 5.02. The van der Waals surface area contributed by atoms with Gasteiger partial charge in [-0.2, -0.15) is 0 Å². The third kappa shape index (κ3) is 4.39. The van der Waals surface area contributed by atoms with Crippen LogP contribution in [0.4, 0.5) is 11.4 Å². The molecule has 0 aliphatic carbocycles. The van der Waals surface area contributed by atoms with Gasteiger partial charge < -0.3 is 15.4 Å². The van der Waals surface area contributed by atoms with Crippen molar-refractivity contribution in [3.05, 3.63) is 53.1 Å². The lowest BCUT2D eigenvalue weighted by Gasteiger charge is -2.09. The van der Waals surface area contributed by atoms with Crippen molar-refractivity contribution in [3.8, 4) is 5.75 Å². The topological polar surface area (TPSA) is 50.4 Å². The Morgan fingerprint density at radius 2 is 1.81 bits per heavy atom. The van der Waals surface area contributed by atoms with Gasteiger partial charge in [0.25, 0.3) is 0 Å². The molecule has 0 saturated carbocycles. The standard InChI is InChI=1S/C16H17ClN2O2/c1-11-3-5-12(6-4-11)18-10-16(20)19-13-7-8-15(21-2)14(17)9-13/h3-9,18H,10H2,1-2H3,(H,19,20). The van der Waals surface area contributed by atoms with E-state index in [1.54, 1.807) is 25.3 Å². The molecule has 0 heterocycles. The summed E-state index contributed by atoms with van der Waals surface area (Å²) >= 11 is 6.01. The van der Waals surface area contributed by atoms with Crippen molar-refractivity contribution in [1.29, 1.82) is 0 Å². The van der Waals surface area contributed by atoms with Crippen LogP contribution in [0.3, 0.4) is 0 Å². The van der Waals surface area contributed by atoms with Gasteiger partial charge in [0.15, 0.2) is 0 Å². The molecule has 2 N–H and O–H groups in total. The number of rotatable bonds is 5. The van der Waals surface area contributed by atoms with Crippen LogP contribution in [-0.2, 0) is 4.79 Å². The Balaban J connectivity index is 1.89. The lowest BCUT2D eigenvalue weighted by Crippen LogP contribution is -2.21. The van der Waals surface area contributed by atoms with Gasteiger partial charge in [-0.1, -0.05) is 29.3 Å². The first-order valence-electron chi connectivity index (χ1n) is 6.52. The van der Waals surface area contributed by atoms with Crippen LogP contribution in [0.2, 0.25) is 5.02 Å². The number of halogens is 1. The minimum atomic E-state index is -0.142. The smallest absolute Gasteiger partial charge is 0.243 e. The fourth-order valence-electron chi connectivity index (χ4n) is 1.80. The lowest BCUT2D eigenvalue weighted by molar-refractivity contribution is -0.114. The zero-order valence-corrected chi connectivity index (χ0v) is 12.7. The van der Waals surface area contributed by atoms with Gasteiger partial charge in [0.2, 0.25) is 5.91 Å². The number of carbonyl (C=O) groups is 1. The molecular formula is C16H17ClN2O2. The van der Waals surface area contributed by atoms with Gasteiger partial charge >= 0.3 is 0 Å². The molecule has 0 unspecified atom stereocenters. The number of hydrogen-bond acceptors (Lipinski definition) is 3. The lowest BCUT2D eigenvalue weighted by atomic mass is 10.2. The summed E-state index contributed by atoms with van der Waals surface area (Å²) < 4.78 is 5.06. The van der Waals surface area contributed by atoms with E-state index in [1.165, 1.54) is 5.56 Å². The third-order valence-corrected chi connectivity index (χ3v) is 3.24. The van der Waals surface area contributed by atoms with E-state index in [-0.39, 0.29) is 12.5 Å². The molecule has 0 bridgehead atoms. The van der Waals surface area contributed by atoms with Crippen LogP contribution < -0.4 is 15.4 Å². The van der Waals surface area contributed by atoms with Crippen LogP contribution in [0.15, 0.2) is 42.5 Å². The van der Waals surface area contributed by atoms with Crippen LogP contribution in [0, 0.1) is 6.92 Å². The average Bonchev–Trinajstić information content (AvgIpc) is 2.47. The van der Waals surface area contributed by atoms with E-state index in [4.69, 9.17) is 16.3 Å². The maximum Gasteiger partial charge on any atom is 0.243 e. The monoisotopic (exact) mass is 304 g/mol. The van der Waals surface area contributed by atoms with Gasteiger partial charge in [-0.05, 0) is 37.3 Å². The van der Waals surface area contributed by atoms with Gasteiger partial charge in [-0.3, -0.25) is 4.79 Å². The van der Waals surface area contributed by atoms with Crippen molar-refractivity contribution in [3.63, 3.8) is 0 Å². The molecule has 0 aliphatic rings. The Bertz CT molecular complexity index is 627. The first-order chi connectivity index (χ1) is 10.1. The summed E-state index contributed by atoms with van der Waals surface area (Å²) in [6, 6.07) is 13.0. The van der Waals surface area contributed by atoms with Crippen molar-refractivity contribution in [2.75, 3.05) is 24.3 Å². The normalized spacial score (nSPS) is 10.0. The van der Waals surface area contributed by atoms with Crippen molar-refractivity contribution in [1.82, 2.24) is 0 Å². The van der Waals surface area contributed by atoms with E-state index in [2.05, 4.69) is 10.6 Å². The molecule has 5 heteroatoms. The molecular weight excluding hydrogens is 288 g/mol. The van der Waals surface area contributed by atoms with Crippen molar-refractivity contribution < 1.29 is 9.53 Å². The maximum absolute atomic E-state index is 11.9. The van der Waals surface area contributed by atoms with E-state index in [0.29, 0.717) is 16.5 Å². The summed E-state index contributed by atoms with van der Waals surface area (Å²) in [4.78, 5) is 11.9. The number of amides is 1. The Hall–Kier alpha value is -2.20. The average molecular weight is 305 g/mol. The molecule has 0 atom stereocenters. The molecule has 0 saturated heterocycles.